The van der Waals surface area contributed by atoms with E-state index in [2.05, 4.69) is 4.52 Å². The molecule has 2 rings (SSSR count). The predicted octanol–water partition coefficient (Wildman–Crippen LogP) is -3.91. The second kappa shape index (κ2) is 6.01. The molecule has 0 aromatic carbocycles. The Labute approximate surface area is 122 Å². The molecule has 0 saturated carbocycles. The fourth-order valence-corrected chi connectivity index (χ4v) is 2.33. The van der Waals surface area contributed by atoms with Crippen LogP contribution >= 0.6 is 7.82 Å². The smallest absolute Gasteiger partial charge is 0.387 e. The van der Waals surface area contributed by atoms with Gasteiger partial charge in [0, 0.05) is 0 Å². The fraction of sp³-hybridized carbons (Fsp3) is 0.667. The molecule has 13 heteroatoms. The van der Waals surface area contributed by atoms with E-state index in [1.165, 1.54) is 7.05 Å². The average molecular weight is 340 g/mol. The number of aliphatic hydroxyl groups excluding tert-OH is 2. The molecule has 1 aromatic heterocycles. The van der Waals surface area contributed by atoms with Crippen LogP contribution in [0.5, 0.6) is 0 Å². The summed E-state index contributed by atoms with van der Waals surface area (Å²) >= 11 is 0. The van der Waals surface area contributed by atoms with Gasteiger partial charge in [0.05, 0.1) is 13.7 Å². The molecule has 1 aliphatic heterocycles. The van der Waals surface area contributed by atoms with Crippen molar-refractivity contribution in [2.24, 2.45) is 7.05 Å². The molecule has 124 valence electrons. The van der Waals surface area contributed by atoms with E-state index < -0.39 is 50.3 Å². The van der Waals surface area contributed by atoms with Crippen molar-refractivity contribution < 1.29 is 38.4 Å². The molecule has 4 atom stereocenters. The Morgan fingerprint density at radius 2 is 2.05 bits per heavy atom. The van der Waals surface area contributed by atoms with Crippen LogP contribution in [0.2, 0.25) is 0 Å². The van der Waals surface area contributed by atoms with Crippen molar-refractivity contribution in [3.8, 4) is 0 Å². The maximum absolute atomic E-state index is 11.7. The molecular formula is C9H15N3O9P+. The third-order valence-corrected chi connectivity index (χ3v) is 3.57. The molecular weight excluding hydrogens is 325 g/mol. The van der Waals surface area contributed by atoms with E-state index in [0.717, 1.165) is 15.5 Å². The number of hydrogen-bond acceptors (Lipinski definition) is 7. The lowest BCUT2D eigenvalue weighted by atomic mass is 10.1. The molecule has 0 bridgehead atoms. The van der Waals surface area contributed by atoms with Gasteiger partial charge in [-0.15, -0.1) is 0 Å². The summed E-state index contributed by atoms with van der Waals surface area (Å²) in [6.45, 7) is -0.691. The van der Waals surface area contributed by atoms with Crippen LogP contribution in [0.3, 0.4) is 0 Å². The molecule has 2 heterocycles. The van der Waals surface area contributed by atoms with Gasteiger partial charge in [0.1, 0.15) is 18.3 Å². The maximum Gasteiger partial charge on any atom is 0.469 e. The van der Waals surface area contributed by atoms with Gasteiger partial charge in [-0.25, -0.2) is 18.7 Å². The van der Waals surface area contributed by atoms with Gasteiger partial charge in [-0.1, -0.05) is 0 Å². The third-order valence-electron chi connectivity index (χ3n) is 3.08. The number of aromatic nitrogens is 3. The number of phosphoric ester groups is 1. The zero-order valence-corrected chi connectivity index (χ0v) is 12.2. The Bertz CT molecular complexity index is 709. The number of ether oxygens (including phenoxy) is 1. The van der Waals surface area contributed by atoms with Crippen molar-refractivity contribution in [1.29, 1.82) is 0 Å². The standard InChI is InChI=1S/C9H14N3O9P/c1-11-3-12(9(16)10-8(11)15)7-6(14)5(13)4(21-7)2-20-22(17,18)19/h3-7,13-14H,2H2,1H3,(H2-,10,15,16,17,18,19)/p+1/t4-,5-,6?,7-/m1/s1. The van der Waals surface area contributed by atoms with E-state index in [9.17, 15) is 24.4 Å². The van der Waals surface area contributed by atoms with Gasteiger partial charge in [0.2, 0.25) is 12.6 Å². The highest BCUT2D eigenvalue weighted by Gasteiger charge is 2.47. The molecule has 5 N–H and O–H groups in total. The second-order valence-electron chi connectivity index (χ2n) is 4.70. The minimum atomic E-state index is -4.77. The largest absolute Gasteiger partial charge is 0.469 e. The van der Waals surface area contributed by atoms with Crippen molar-refractivity contribution in [3.63, 3.8) is 0 Å². The molecule has 1 fully saturated rings. The summed E-state index contributed by atoms with van der Waals surface area (Å²) in [5, 5.41) is 19.7. The fourth-order valence-electron chi connectivity index (χ4n) is 1.98. The number of aliphatic hydroxyl groups is 2. The normalized spacial score (nSPS) is 29.0. The summed E-state index contributed by atoms with van der Waals surface area (Å²) in [5.74, 6) is 0. The van der Waals surface area contributed by atoms with Crippen LogP contribution in [0.15, 0.2) is 15.9 Å². The molecule has 0 amide bonds. The lowest BCUT2D eigenvalue weighted by Gasteiger charge is -2.14. The molecule has 1 aromatic rings. The second-order valence-corrected chi connectivity index (χ2v) is 5.94. The predicted molar refractivity (Wildman–Crippen MR) is 66.4 cm³/mol. The van der Waals surface area contributed by atoms with Gasteiger partial charge in [0.25, 0.3) is 0 Å². The minimum absolute atomic E-state index is 0.685. The van der Waals surface area contributed by atoms with Crippen molar-refractivity contribution in [2.45, 2.75) is 24.5 Å². The molecule has 0 spiro atoms. The third kappa shape index (κ3) is 3.50. The van der Waals surface area contributed by atoms with Gasteiger partial charge in [-0.3, -0.25) is 4.52 Å². The number of phosphoric acid groups is 1. The summed E-state index contributed by atoms with van der Waals surface area (Å²) < 4.78 is 21.9. The van der Waals surface area contributed by atoms with E-state index >= 15 is 0 Å². The van der Waals surface area contributed by atoms with Crippen LogP contribution < -0.4 is 15.9 Å². The van der Waals surface area contributed by atoms with Crippen LogP contribution in [0.1, 0.15) is 6.23 Å². The minimum Gasteiger partial charge on any atom is -0.387 e. The first-order valence-electron chi connectivity index (χ1n) is 6.03. The van der Waals surface area contributed by atoms with Crippen LogP contribution in [0.4, 0.5) is 0 Å². The first kappa shape index (κ1) is 17.0. The SMILES string of the molecule is C[n+]1cn([C@@H]2O[C@H](COP(=O)(O)O)[C@@H](O)C2O)c(=O)[nH]c1=O. The van der Waals surface area contributed by atoms with Gasteiger partial charge in [0.15, 0.2) is 0 Å². The lowest BCUT2D eigenvalue weighted by Crippen LogP contribution is -2.54. The highest BCUT2D eigenvalue weighted by Crippen LogP contribution is 2.38. The zero-order chi connectivity index (χ0) is 16.7. The number of aryl methyl sites for hydroxylation is 1. The summed E-state index contributed by atoms with van der Waals surface area (Å²) in [6.07, 6.45) is -4.66. The maximum atomic E-state index is 11.7. The van der Waals surface area contributed by atoms with E-state index in [1.54, 1.807) is 0 Å². The van der Waals surface area contributed by atoms with E-state index in [1.807, 2.05) is 4.98 Å². The van der Waals surface area contributed by atoms with Crippen LogP contribution in [-0.2, 0) is 20.9 Å². The van der Waals surface area contributed by atoms with Gasteiger partial charge < -0.3 is 24.7 Å². The number of aromatic amines is 1. The summed E-state index contributed by atoms with van der Waals surface area (Å²) in [4.78, 5) is 42.2. The molecule has 0 aliphatic carbocycles. The van der Waals surface area contributed by atoms with Crippen molar-refractivity contribution in [3.05, 3.63) is 27.3 Å². The first-order chi connectivity index (χ1) is 10.1. The topological polar surface area (TPSA) is 175 Å². The molecule has 1 aliphatic rings. The Kier molecular flexibility index (Phi) is 4.63. The van der Waals surface area contributed by atoms with Crippen molar-refractivity contribution in [1.82, 2.24) is 9.55 Å². The van der Waals surface area contributed by atoms with Crippen LogP contribution in [0, 0.1) is 0 Å². The molecule has 12 nitrogen and oxygen atoms in total. The Morgan fingerprint density at radius 1 is 1.41 bits per heavy atom. The van der Waals surface area contributed by atoms with Crippen LogP contribution in [-0.4, -0.2) is 54.5 Å². The Hall–Kier alpha value is -1.40. The first-order valence-corrected chi connectivity index (χ1v) is 7.56. The quantitative estimate of drug-likeness (QED) is 0.271. The number of nitrogens with one attached hydrogen (secondary N) is 1. The Balaban J connectivity index is 2.23. The number of nitrogens with zero attached hydrogens (tertiary/aromatic N) is 2. The summed E-state index contributed by atoms with van der Waals surface area (Å²) in [7, 11) is -3.42. The van der Waals surface area contributed by atoms with Gasteiger partial charge in [-0.2, -0.15) is 9.55 Å². The number of H-pyrrole nitrogens is 1. The number of rotatable bonds is 4. The van der Waals surface area contributed by atoms with E-state index in [0.29, 0.717) is 0 Å². The molecule has 22 heavy (non-hydrogen) atoms. The Morgan fingerprint density at radius 3 is 2.64 bits per heavy atom. The highest BCUT2D eigenvalue weighted by molar-refractivity contribution is 7.46. The zero-order valence-electron chi connectivity index (χ0n) is 11.3. The van der Waals surface area contributed by atoms with Crippen molar-refractivity contribution >= 4 is 7.82 Å². The highest BCUT2D eigenvalue weighted by atomic mass is 31.2. The molecule has 1 unspecified atom stereocenters. The van der Waals surface area contributed by atoms with E-state index in [4.69, 9.17) is 14.5 Å². The summed E-state index contributed by atoms with van der Waals surface area (Å²) in [6, 6.07) is 0. The van der Waals surface area contributed by atoms with E-state index in [-0.39, 0.29) is 0 Å². The number of hydrogen-bond donors (Lipinski definition) is 5. The summed E-state index contributed by atoms with van der Waals surface area (Å²) in [5.41, 5.74) is -1.56. The monoisotopic (exact) mass is 340 g/mol. The lowest BCUT2D eigenvalue weighted by molar-refractivity contribution is -0.694. The molecule has 1 saturated heterocycles. The van der Waals surface area contributed by atoms with Gasteiger partial charge >= 0.3 is 19.2 Å². The van der Waals surface area contributed by atoms with Gasteiger partial charge in [-0.05, 0) is 0 Å². The average Bonchev–Trinajstić information content (AvgIpc) is 2.68. The van der Waals surface area contributed by atoms with Crippen LogP contribution in [0.25, 0.3) is 0 Å². The molecule has 0 radical (unpaired) electrons. The van der Waals surface area contributed by atoms with Crippen molar-refractivity contribution in [2.75, 3.05) is 6.61 Å².